The molecule has 0 spiro atoms. The summed E-state index contributed by atoms with van der Waals surface area (Å²) in [5.74, 6) is -0.358. The zero-order chi connectivity index (χ0) is 12.7. The molecule has 0 aliphatic carbocycles. The fraction of sp³-hybridized carbons (Fsp3) is 0.0714. The van der Waals surface area contributed by atoms with Gasteiger partial charge in [0.15, 0.2) is 0 Å². The molecule has 0 N–H and O–H groups in total. The fourth-order valence-electron chi connectivity index (χ4n) is 1.98. The number of aryl methyl sites for hydroxylation is 1. The van der Waals surface area contributed by atoms with Gasteiger partial charge in [0.05, 0.1) is 5.69 Å². The molecule has 0 aliphatic heterocycles. The molecule has 0 atom stereocenters. The molecule has 0 amide bonds. The molecule has 0 saturated heterocycles. The molecule has 3 aromatic rings. The van der Waals surface area contributed by atoms with Crippen LogP contribution in [-0.2, 0) is 0 Å². The van der Waals surface area contributed by atoms with Crippen LogP contribution in [0.5, 0.6) is 0 Å². The summed E-state index contributed by atoms with van der Waals surface area (Å²) < 4.78 is 15.8. The van der Waals surface area contributed by atoms with Gasteiger partial charge in [-0.15, -0.1) is 0 Å². The monoisotopic (exact) mass is 260 g/mol. The quantitative estimate of drug-likeness (QED) is 0.644. The second kappa shape index (κ2) is 4.10. The summed E-state index contributed by atoms with van der Waals surface area (Å²) in [6.07, 6.45) is 1.83. The number of nitrogens with zero attached hydrogens (tertiary/aromatic N) is 2. The van der Waals surface area contributed by atoms with Gasteiger partial charge in [0.1, 0.15) is 11.5 Å². The van der Waals surface area contributed by atoms with Crippen molar-refractivity contribution in [1.82, 2.24) is 9.38 Å². The zero-order valence-corrected chi connectivity index (χ0v) is 10.4. The van der Waals surface area contributed by atoms with Crippen LogP contribution in [0.15, 0.2) is 42.6 Å². The van der Waals surface area contributed by atoms with E-state index in [-0.39, 0.29) is 5.82 Å². The summed E-state index contributed by atoms with van der Waals surface area (Å²) in [5.41, 5.74) is 2.93. The first-order valence-electron chi connectivity index (χ1n) is 5.55. The summed E-state index contributed by atoms with van der Waals surface area (Å²) in [6, 6.07) is 10.4. The Morgan fingerprint density at radius 1 is 1.22 bits per heavy atom. The van der Waals surface area contributed by atoms with E-state index < -0.39 is 0 Å². The predicted molar refractivity (Wildman–Crippen MR) is 70.3 cm³/mol. The maximum atomic E-state index is 13.8. The van der Waals surface area contributed by atoms with E-state index in [2.05, 4.69) is 4.98 Å². The number of imidazole rings is 1. The van der Waals surface area contributed by atoms with Crippen LogP contribution >= 0.6 is 11.6 Å². The van der Waals surface area contributed by atoms with Crippen molar-refractivity contribution in [3.63, 3.8) is 0 Å². The van der Waals surface area contributed by atoms with Crippen molar-refractivity contribution in [3.8, 4) is 11.3 Å². The molecule has 4 heteroatoms. The Morgan fingerprint density at radius 3 is 2.78 bits per heavy atom. The van der Waals surface area contributed by atoms with Crippen LogP contribution in [0.4, 0.5) is 4.39 Å². The lowest BCUT2D eigenvalue weighted by Gasteiger charge is -1.99. The van der Waals surface area contributed by atoms with Crippen LogP contribution in [0, 0.1) is 12.7 Å². The van der Waals surface area contributed by atoms with Crippen LogP contribution in [0.3, 0.4) is 0 Å². The Kier molecular flexibility index (Phi) is 2.56. The summed E-state index contributed by atoms with van der Waals surface area (Å²) in [6.45, 7) is 1.98. The van der Waals surface area contributed by atoms with Crippen molar-refractivity contribution in [2.24, 2.45) is 0 Å². The van der Waals surface area contributed by atoms with Gasteiger partial charge in [0, 0.05) is 22.5 Å². The predicted octanol–water partition coefficient (Wildman–Crippen LogP) is 4.10. The van der Waals surface area contributed by atoms with Gasteiger partial charge in [0.2, 0.25) is 0 Å². The van der Waals surface area contributed by atoms with E-state index in [0.29, 0.717) is 16.3 Å². The first kappa shape index (κ1) is 11.2. The van der Waals surface area contributed by atoms with E-state index in [0.717, 1.165) is 11.3 Å². The Labute approximate surface area is 109 Å². The van der Waals surface area contributed by atoms with E-state index in [1.165, 1.54) is 6.07 Å². The number of hydrogen-bond donors (Lipinski definition) is 0. The van der Waals surface area contributed by atoms with E-state index >= 15 is 0 Å². The first-order valence-corrected chi connectivity index (χ1v) is 5.93. The second-order valence-corrected chi connectivity index (χ2v) is 4.58. The summed E-state index contributed by atoms with van der Waals surface area (Å²) in [4.78, 5) is 4.41. The van der Waals surface area contributed by atoms with Crippen molar-refractivity contribution < 1.29 is 4.39 Å². The van der Waals surface area contributed by atoms with Crippen LogP contribution in [0.1, 0.15) is 5.69 Å². The van der Waals surface area contributed by atoms with Crippen LogP contribution in [0.25, 0.3) is 16.9 Å². The second-order valence-electron chi connectivity index (χ2n) is 4.15. The number of hydrogen-bond acceptors (Lipinski definition) is 1. The van der Waals surface area contributed by atoms with Crippen molar-refractivity contribution in [3.05, 3.63) is 59.1 Å². The van der Waals surface area contributed by atoms with Crippen molar-refractivity contribution in [2.75, 3.05) is 0 Å². The number of aromatic nitrogens is 2. The minimum absolute atomic E-state index is 0.358. The molecule has 0 fully saturated rings. The first-order chi connectivity index (χ1) is 8.65. The Morgan fingerprint density at radius 2 is 2.06 bits per heavy atom. The Bertz CT molecular complexity index is 734. The number of pyridine rings is 1. The molecule has 90 valence electrons. The van der Waals surface area contributed by atoms with E-state index in [9.17, 15) is 4.39 Å². The molecule has 0 bridgehead atoms. The molecule has 0 aliphatic rings. The third-order valence-electron chi connectivity index (χ3n) is 2.90. The van der Waals surface area contributed by atoms with Gasteiger partial charge in [-0.05, 0) is 37.3 Å². The van der Waals surface area contributed by atoms with Crippen LogP contribution < -0.4 is 0 Å². The summed E-state index contributed by atoms with van der Waals surface area (Å²) in [7, 11) is 0. The van der Waals surface area contributed by atoms with Gasteiger partial charge in [-0.3, -0.25) is 0 Å². The van der Waals surface area contributed by atoms with Gasteiger partial charge < -0.3 is 4.40 Å². The normalized spacial score (nSPS) is 11.1. The highest BCUT2D eigenvalue weighted by Gasteiger charge is 2.10. The minimum atomic E-state index is -0.358. The molecule has 0 radical (unpaired) electrons. The fourth-order valence-corrected chi connectivity index (χ4v) is 2.13. The number of rotatable bonds is 1. The lowest BCUT2D eigenvalue weighted by molar-refractivity contribution is 0.631. The average Bonchev–Trinajstić information content (AvgIpc) is 2.74. The number of benzene rings is 1. The van der Waals surface area contributed by atoms with Gasteiger partial charge >= 0.3 is 0 Å². The van der Waals surface area contributed by atoms with E-state index in [1.54, 1.807) is 12.1 Å². The van der Waals surface area contributed by atoms with Gasteiger partial charge in [-0.1, -0.05) is 17.7 Å². The van der Waals surface area contributed by atoms with Crippen molar-refractivity contribution in [1.29, 1.82) is 0 Å². The lowest BCUT2D eigenvalue weighted by atomic mass is 10.1. The molecule has 0 saturated carbocycles. The molecule has 2 heterocycles. The maximum Gasteiger partial charge on any atom is 0.137 e. The van der Waals surface area contributed by atoms with Gasteiger partial charge in [-0.25, -0.2) is 9.37 Å². The highest BCUT2D eigenvalue weighted by molar-refractivity contribution is 6.30. The third-order valence-corrected chi connectivity index (χ3v) is 3.14. The molecular weight excluding hydrogens is 251 g/mol. The maximum absolute atomic E-state index is 13.8. The molecule has 3 rings (SSSR count). The molecule has 2 aromatic heterocycles. The Balaban J connectivity index is 2.23. The Hall–Kier alpha value is -1.87. The van der Waals surface area contributed by atoms with Crippen molar-refractivity contribution >= 4 is 17.2 Å². The molecular formula is C14H10ClFN2. The van der Waals surface area contributed by atoms with E-state index in [4.69, 9.17) is 11.6 Å². The van der Waals surface area contributed by atoms with Gasteiger partial charge in [-0.2, -0.15) is 0 Å². The molecule has 0 unspecified atom stereocenters. The number of halogens is 2. The topological polar surface area (TPSA) is 17.3 Å². The van der Waals surface area contributed by atoms with Crippen LogP contribution in [0.2, 0.25) is 5.02 Å². The highest BCUT2D eigenvalue weighted by Crippen LogP contribution is 2.25. The number of fused-ring (bicyclic) bond motifs is 1. The SMILES string of the molecule is Cc1cccc2nc(-c3ccc(Cl)cc3F)cn12. The lowest BCUT2D eigenvalue weighted by Crippen LogP contribution is -1.86. The minimum Gasteiger partial charge on any atom is -0.304 e. The zero-order valence-electron chi connectivity index (χ0n) is 9.69. The smallest absolute Gasteiger partial charge is 0.137 e. The molecule has 18 heavy (non-hydrogen) atoms. The molecule has 1 aromatic carbocycles. The average molecular weight is 261 g/mol. The van der Waals surface area contributed by atoms with Crippen molar-refractivity contribution in [2.45, 2.75) is 6.92 Å². The molecule has 2 nitrogen and oxygen atoms in total. The van der Waals surface area contributed by atoms with Gasteiger partial charge in [0.25, 0.3) is 0 Å². The summed E-state index contributed by atoms with van der Waals surface area (Å²) >= 11 is 5.74. The van der Waals surface area contributed by atoms with Crippen LogP contribution in [-0.4, -0.2) is 9.38 Å². The summed E-state index contributed by atoms with van der Waals surface area (Å²) in [5, 5.41) is 0.385. The standard InChI is InChI=1S/C14H10ClFN2/c1-9-3-2-4-14-17-13(8-18(9)14)11-6-5-10(15)7-12(11)16/h2-8H,1H3. The third kappa shape index (κ3) is 1.77. The largest absolute Gasteiger partial charge is 0.304 e. The van der Waals surface area contributed by atoms with E-state index in [1.807, 2.05) is 35.7 Å². The highest BCUT2D eigenvalue weighted by atomic mass is 35.5.